The van der Waals surface area contributed by atoms with Gasteiger partial charge in [-0.25, -0.2) is 9.59 Å². The first-order valence-corrected chi connectivity index (χ1v) is 11.6. The Kier molecular flexibility index (Phi) is 9.49. The molecule has 1 aliphatic rings. The largest absolute Gasteiger partial charge is 0.458 e. The molecule has 0 spiro atoms. The number of esters is 1. The third kappa shape index (κ3) is 7.16. The first kappa shape index (κ1) is 28.9. The van der Waals surface area contributed by atoms with Crippen LogP contribution < -0.4 is 5.32 Å². The topological polar surface area (TPSA) is 111 Å². The van der Waals surface area contributed by atoms with Crippen LogP contribution in [-0.4, -0.2) is 71.2 Å². The van der Waals surface area contributed by atoms with Crippen molar-refractivity contribution in [2.75, 3.05) is 7.11 Å². The van der Waals surface area contributed by atoms with E-state index in [0.717, 1.165) is 6.29 Å². The summed E-state index contributed by atoms with van der Waals surface area (Å²) < 4.78 is 17.1. The number of carbonyl (C=O) groups excluding carboxylic acids is 4. The summed E-state index contributed by atoms with van der Waals surface area (Å²) in [7, 11) is 1.54. The second-order valence-corrected chi connectivity index (χ2v) is 10.6. The van der Waals surface area contributed by atoms with Crippen LogP contribution >= 0.6 is 0 Å². The number of likely N-dealkylation sites (tertiary alicyclic amines) is 1. The van der Waals surface area contributed by atoms with Crippen LogP contribution in [0.1, 0.15) is 81.6 Å². The maximum atomic E-state index is 13.4. The van der Waals surface area contributed by atoms with E-state index in [-0.39, 0.29) is 12.3 Å². The van der Waals surface area contributed by atoms with Gasteiger partial charge >= 0.3 is 12.1 Å². The molecule has 190 valence electrons. The molecule has 1 N–H and O–H groups in total. The molecule has 4 atom stereocenters. The fourth-order valence-electron chi connectivity index (χ4n) is 4.46. The lowest BCUT2D eigenvalue weighted by Gasteiger charge is -2.45. The van der Waals surface area contributed by atoms with E-state index in [2.05, 4.69) is 5.32 Å². The number of ether oxygens (including phenoxy) is 3. The number of aldehydes is 1. The number of nitrogens with one attached hydrogen (secondary N) is 1. The van der Waals surface area contributed by atoms with Gasteiger partial charge in [0.1, 0.15) is 23.5 Å². The van der Waals surface area contributed by atoms with Gasteiger partial charge in [0.2, 0.25) is 5.91 Å². The number of methoxy groups -OCH3 is 1. The van der Waals surface area contributed by atoms with E-state index in [1.54, 1.807) is 41.5 Å². The summed E-state index contributed by atoms with van der Waals surface area (Å²) in [4.78, 5) is 52.3. The Hall–Kier alpha value is -2.16. The zero-order valence-electron chi connectivity index (χ0n) is 21.8. The van der Waals surface area contributed by atoms with E-state index in [1.165, 1.54) is 18.9 Å². The highest BCUT2D eigenvalue weighted by atomic mass is 16.6. The second kappa shape index (κ2) is 10.8. The highest BCUT2D eigenvalue weighted by molar-refractivity contribution is 5.84. The Morgan fingerprint density at radius 2 is 1.55 bits per heavy atom. The van der Waals surface area contributed by atoms with E-state index in [0.29, 0.717) is 12.8 Å². The zero-order chi connectivity index (χ0) is 25.8. The minimum atomic E-state index is -1.04. The van der Waals surface area contributed by atoms with E-state index in [4.69, 9.17) is 14.2 Å². The van der Waals surface area contributed by atoms with Crippen LogP contribution in [-0.2, 0) is 28.6 Å². The zero-order valence-corrected chi connectivity index (χ0v) is 21.8. The van der Waals surface area contributed by atoms with Crippen molar-refractivity contribution in [2.45, 2.75) is 117 Å². The molecule has 0 aliphatic carbocycles. The standard InChI is InChI=1S/C24H42N2O7/c1-11-24(12-2,31-10)19(25-15(3)28)18-16(14-27)13-17(20(29)32-22(4,5)6)26(18)21(30)33-23(7,8)9/h14,16-19H,11-13H2,1-10H3,(H,25,28)/t16-,17+,18+,19?/m0/s1. The maximum absolute atomic E-state index is 13.4. The minimum Gasteiger partial charge on any atom is -0.458 e. The molecule has 2 amide bonds. The lowest BCUT2D eigenvalue weighted by molar-refractivity contribution is -0.161. The van der Waals surface area contributed by atoms with Crippen molar-refractivity contribution >= 4 is 24.3 Å². The highest BCUT2D eigenvalue weighted by Gasteiger charge is 2.56. The van der Waals surface area contributed by atoms with Gasteiger partial charge in [0.15, 0.2) is 0 Å². The Morgan fingerprint density at radius 3 is 1.91 bits per heavy atom. The van der Waals surface area contributed by atoms with Crippen LogP contribution in [0.15, 0.2) is 0 Å². The molecular weight excluding hydrogens is 428 g/mol. The molecule has 1 rings (SSSR count). The van der Waals surface area contributed by atoms with Crippen molar-refractivity contribution < 1.29 is 33.4 Å². The summed E-state index contributed by atoms with van der Waals surface area (Å²) in [5.41, 5.74) is -2.50. The monoisotopic (exact) mass is 470 g/mol. The van der Waals surface area contributed by atoms with Crippen LogP contribution in [0, 0.1) is 5.92 Å². The molecule has 1 heterocycles. The van der Waals surface area contributed by atoms with Crippen molar-refractivity contribution in [2.24, 2.45) is 5.92 Å². The van der Waals surface area contributed by atoms with Crippen LogP contribution in [0.3, 0.4) is 0 Å². The Labute approximate surface area is 197 Å². The highest BCUT2D eigenvalue weighted by Crippen LogP contribution is 2.39. The van der Waals surface area contributed by atoms with Crippen LogP contribution in [0.25, 0.3) is 0 Å². The van der Waals surface area contributed by atoms with Gasteiger partial charge in [-0.3, -0.25) is 9.69 Å². The molecule has 0 aromatic heterocycles. The molecule has 1 fully saturated rings. The SMILES string of the molecule is CCC(CC)(OC)C(NC(C)=O)[C@H]1[C@H](C=O)C[C@H](C(=O)OC(C)(C)C)N1C(=O)OC(C)(C)C. The van der Waals surface area contributed by atoms with E-state index >= 15 is 0 Å². The van der Waals surface area contributed by atoms with Crippen LogP contribution in [0.4, 0.5) is 4.79 Å². The number of rotatable bonds is 8. The predicted molar refractivity (Wildman–Crippen MR) is 124 cm³/mol. The summed E-state index contributed by atoms with van der Waals surface area (Å²) in [6.45, 7) is 15.6. The van der Waals surface area contributed by atoms with Gasteiger partial charge in [-0.2, -0.15) is 0 Å². The fraction of sp³-hybridized carbons (Fsp3) is 0.833. The average molecular weight is 471 g/mol. The molecule has 0 bridgehead atoms. The summed E-state index contributed by atoms with van der Waals surface area (Å²) in [5, 5.41) is 2.91. The molecule has 0 saturated carbocycles. The van der Waals surface area contributed by atoms with Crippen molar-refractivity contribution in [3.05, 3.63) is 0 Å². The number of amides is 2. The Bertz CT molecular complexity index is 711. The van der Waals surface area contributed by atoms with Crippen molar-refractivity contribution in [3.63, 3.8) is 0 Å². The van der Waals surface area contributed by atoms with Crippen LogP contribution in [0.5, 0.6) is 0 Å². The van der Waals surface area contributed by atoms with Gasteiger partial charge in [0.25, 0.3) is 0 Å². The number of carbonyl (C=O) groups is 4. The maximum Gasteiger partial charge on any atom is 0.411 e. The van der Waals surface area contributed by atoms with Gasteiger partial charge in [-0.1, -0.05) is 13.8 Å². The molecule has 0 aromatic rings. The first-order valence-electron chi connectivity index (χ1n) is 11.6. The quantitative estimate of drug-likeness (QED) is 0.428. The van der Waals surface area contributed by atoms with Crippen molar-refractivity contribution in [3.8, 4) is 0 Å². The Balaban J connectivity index is 3.68. The van der Waals surface area contributed by atoms with Gasteiger partial charge < -0.3 is 24.3 Å². The van der Waals surface area contributed by atoms with Gasteiger partial charge in [0, 0.05) is 20.0 Å². The van der Waals surface area contributed by atoms with Gasteiger partial charge in [-0.05, 0) is 60.8 Å². The normalized spacial score (nSPS) is 22.5. The lowest BCUT2D eigenvalue weighted by atomic mass is 9.79. The summed E-state index contributed by atoms with van der Waals surface area (Å²) in [6.07, 6.45) is 1.05. The van der Waals surface area contributed by atoms with E-state index in [1.807, 2.05) is 13.8 Å². The molecule has 9 nitrogen and oxygen atoms in total. The predicted octanol–water partition coefficient (Wildman–Crippen LogP) is 3.23. The van der Waals surface area contributed by atoms with E-state index < -0.39 is 52.9 Å². The minimum absolute atomic E-state index is 0.0611. The Morgan fingerprint density at radius 1 is 1.03 bits per heavy atom. The second-order valence-electron chi connectivity index (χ2n) is 10.6. The first-order chi connectivity index (χ1) is 15.1. The van der Waals surface area contributed by atoms with Crippen molar-refractivity contribution in [1.29, 1.82) is 0 Å². The third-order valence-corrected chi connectivity index (χ3v) is 5.92. The molecule has 9 heteroatoms. The molecule has 1 saturated heterocycles. The molecule has 1 aliphatic heterocycles. The molecule has 1 unspecified atom stereocenters. The lowest BCUT2D eigenvalue weighted by Crippen LogP contribution is -2.65. The molecule has 0 aromatic carbocycles. The van der Waals surface area contributed by atoms with Crippen molar-refractivity contribution in [1.82, 2.24) is 10.2 Å². The molecular formula is C24H42N2O7. The molecule has 0 radical (unpaired) electrons. The summed E-state index contributed by atoms with van der Waals surface area (Å²) in [6, 6.07) is -2.66. The average Bonchev–Trinajstić information content (AvgIpc) is 3.05. The summed E-state index contributed by atoms with van der Waals surface area (Å²) >= 11 is 0. The number of nitrogens with zero attached hydrogens (tertiary/aromatic N) is 1. The smallest absolute Gasteiger partial charge is 0.411 e. The number of hydrogen-bond acceptors (Lipinski definition) is 7. The van der Waals surface area contributed by atoms with Gasteiger partial charge in [-0.15, -0.1) is 0 Å². The van der Waals surface area contributed by atoms with Gasteiger partial charge in [0.05, 0.1) is 17.7 Å². The van der Waals surface area contributed by atoms with E-state index in [9.17, 15) is 19.2 Å². The fourth-order valence-corrected chi connectivity index (χ4v) is 4.46. The number of hydrogen-bond donors (Lipinski definition) is 1. The summed E-state index contributed by atoms with van der Waals surface area (Å²) in [5.74, 6) is -1.70. The van der Waals surface area contributed by atoms with Crippen LogP contribution in [0.2, 0.25) is 0 Å². The third-order valence-electron chi connectivity index (χ3n) is 5.92. The molecule has 33 heavy (non-hydrogen) atoms.